The summed E-state index contributed by atoms with van der Waals surface area (Å²) in [4.78, 5) is 2.58. The highest BCUT2D eigenvalue weighted by Gasteiger charge is 2.34. The van der Waals surface area contributed by atoms with E-state index >= 15 is 0 Å². The van der Waals surface area contributed by atoms with Crippen molar-refractivity contribution in [2.75, 3.05) is 24.5 Å². The van der Waals surface area contributed by atoms with Crippen LogP contribution in [-0.4, -0.2) is 19.6 Å². The molecule has 2 heteroatoms. The maximum Gasteiger partial charge on any atom is 0.0369 e. The Kier molecular flexibility index (Phi) is 2.58. The average Bonchev–Trinajstić information content (AvgIpc) is 2.71. The Morgan fingerprint density at radius 3 is 2.83 bits per heavy atom. The van der Waals surface area contributed by atoms with E-state index in [4.69, 9.17) is 0 Å². The third-order valence-electron chi connectivity index (χ3n) is 5.01. The van der Waals surface area contributed by atoms with E-state index in [9.17, 15) is 0 Å². The lowest BCUT2D eigenvalue weighted by Gasteiger charge is -2.29. The van der Waals surface area contributed by atoms with Crippen molar-refractivity contribution in [3.8, 4) is 0 Å². The maximum atomic E-state index is 3.68. The predicted molar refractivity (Wildman–Crippen MR) is 75.2 cm³/mol. The van der Waals surface area contributed by atoms with Crippen LogP contribution in [0.2, 0.25) is 0 Å². The molecule has 2 atom stereocenters. The van der Waals surface area contributed by atoms with Gasteiger partial charge in [0.1, 0.15) is 0 Å². The zero-order valence-corrected chi connectivity index (χ0v) is 11.0. The molecule has 0 unspecified atom stereocenters. The fourth-order valence-electron chi connectivity index (χ4n) is 4.02. The maximum absolute atomic E-state index is 3.68. The zero-order chi connectivity index (χ0) is 11.9. The summed E-state index contributed by atoms with van der Waals surface area (Å²) in [6, 6.07) is 7.90. The summed E-state index contributed by atoms with van der Waals surface area (Å²) in [5.41, 5.74) is 4.69. The Labute approximate surface area is 109 Å². The summed E-state index contributed by atoms with van der Waals surface area (Å²) in [5, 5.41) is 3.68. The Morgan fingerprint density at radius 1 is 1.06 bits per heavy atom. The number of hydrogen-bond acceptors (Lipinski definition) is 2. The van der Waals surface area contributed by atoms with Gasteiger partial charge in [-0.15, -0.1) is 0 Å². The summed E-state index contributed by atoms with van der Waals surface area (Å²) in [6.07, 6.45) is 6.79. The number of anilines is 1. The van der Waals surface area contributed by atoms with Crippen LogP contribution in [0.3, 0.4) is 0 Å². The van der Waals surface area contributed by atoms with Gasteiger partial charge in [-0.3, -0.25) is 0 Å². The molecule has 0 spiro atoms. The van der Waals surface area contributed by atoms with E-state index in [1.165, 1.54) is 57.4 Å². The number of rotatable bonds is 1. The van der Waals surface area contributed by atoms with E-state index in [0.29, 0.717) is 6.04 Å². The molecule has 0 aromatic heterocycles. The van der Waals surface area contributed by atoms with Gasteiger partial charge in [-0.2, -0.15) is 0 Å². The summed E-state index contributed by atoms with van der Waals surface area (Å²) < 4.78 is 0. The van der Waals surface area contributed by atoms with Crippen molar-refractivity contribution in [3.63, 3.8) is 0 Å². The number of nitrogens with zero attached hydrogens (tertiary/aromatic N) is 1. The second-order valence-electron chi connectivity index (χ2n) is 6.09. The van der Waals surface area contributed by atoms with Crippen LogP contribution >= 0.6 is 0 Å². The fourth-order valence-corrected chi connectivity index (χ4v) is 4.02. The molecule has 2 fully saturated rings. The minimum atomic E-state index is 0.642. The highest BCUT2D eigenvalue weighted by Crippen LogP contribution is 2.45. The molecule has 1 aliphatic carbocycles. The lowest BCUT2D eigenvalue weighted by Crippen LogP contribution is -2.29. The van der Waals surface area contributed by atoms with Gasteiger partial charge in [0.15, 0.2) is 0 Å². The summed E-state index contributed by atoms with van der Waals surface area (Å²) in [6.45, 7) is 3.70. The van der Waals surface area contributed by atoms with Gasteiger partial charge in [0.2, 0.25) is 0 Å². The molecule has 3 aliphatic rings. The van der Waals surface area contributed by atoms with E-state index in [2.05, 4.69) is 28.4 Å². The summed E-state index contributed by atoms with van der Waals surface area (Å²) in [7, 11) is 0. The van der Waals surface area contributed by atoms with Crippen LogP contribution in [0.1, 0.15) is 55.2 Å². The van der Waals surface area contributed by atoms with Crippen LogP contribution in [0.25, 0.3) is 0 Å². The molecule has 0 amide bonds. The summed E-state index contributed by atoms with van der Waals surface area (Å²) in [5.74, 6) is 0.835. The third kappa shape index (κ3) is 1.66. The minimum absolute atomic E-state index is 0.642. The largest absolute Gasteiger partial charge is 0.372 e. The molecule has 1 N–H and O–H groups in total. The van der Waals surface area contributed by atoms with E-state index in [1.807, 2.05) is 0 Å². The van der Waals surface area contributed by atoms with E-state index in [1.54, 1.807) is 11.1 Å². The molecule has 96 valence electrons. The molecule has 1 aromatic carbocycles. The van der Waals surface area contributed by atoms with Crippen molar-refractivity contribution >= 4 is 5.69 Å². The lowest BCUT2D eigenvalue weighted by molar-refractivity contribution is 0.409. The molecule has 1 aromatic rings. The molecule has 2 bridgehead atoms. The van der Waals surface area contributed by atoms with Gasteiger partial charge >= 0.3 is 0 Å². The van der Waals surface area contributed by atoms with Crippen LogP contribution in [0.4, 0.5) is 5.69 Å². The fraction of sp³-hybridized carbons (Fsp3) is 0.625. The molecular formula is C16H22N2. The number of nitrogens with one attached hydrogen (secondary N) is 1. The van der Waals surface area contributed by atoms with Gasteiger partial charge in [0.25, 0.3) is 0 Å². The van der Waals surface area contributed by atoms with Crippen molar-refractivity contribution in [3.05, 3.63) is 29.3 Å². The van der Waals surface area contributed by atoms with Crippen molar-refractivity contribution in [1.29, 1.82) is 0 Å². The Morgan fingerprint density at radius 2 is 1.94 bits per heavy atom. The van der Waals surface area contributed by atoms with Crippen molar-refractivity contribution in [1.82, 2.24) is 5.32 Å². The molecule has 0 saturated carbocycles. The molecule has 2 heterocycles. The molecule has 4 rings (SSSR count). The molecule has 2 nitrogen and oxygen atoms in total. The van der Waals surface area contributed by atoms with E-state index < -0.39 is 0 Å². The number of hydrogen-bond donors (Lipinski definition) is 1. The van der Waals surface area contributed by atoms with Crippen molar-refractivity contribution in [2.45, 2.75) is 44.1 Å². The van der Waals surface area contributed by atoms with E-state index in [0.717, 1.165) is 5.92 Å². The highest BCUT2D eigenvalue weighted by molar-refractivity contribution is 5.55. The highest BCUT2D eigenvalue weighted by atomic mass is 15.1. The third-order valence-corrected chi connectivity index (χ3v) is 5.01. The number of fused-ring (bicyclic) bond motifs is 5. The van der Waals surface area contributed by atoms with Crippen LogP contribution in [0.15, 0.2) is 18.2 Å². The molecule has 18 heavy (non-hydrogen) atoms. The van der Waals surface area contributed by atoms with E-state index in [-0.39, 0.29) is 0 Å². The smallest absolute Gasteiger partial charge is 0.0369 e. The average molecular weight is 242 g/mol. The number of piperidine rings is 2. The Bertz CT molecular complexity index is 448. The minimum Gasteiger partial charge on any atom is -0.372 e. The van der Waals surface area contributed by atoms with Gasteiger partial charge in [0.05, 0.1) is 0 Å². The van der Waals surface area contributed by atoms with Crippen LogP contribution in [0, 0.1) is 0 Å². The zero-order valence-electron chi connectivity index (χ0n) is 11.0. The first-order valence-electron chi connectivity index (χ1n) is 7.54. The van der Waals surface area contributed by atoms with Gasteiger partial charge in [0, 0.05) is 24.8 Å². The molecule has 2 saturated heterocycles. The van der Waals surface area contributed by atoms with Crippen LogP contribution in [-0.2, 0) is 0 Å². The van der Waals surface area contributed by atoms with Gasteiger partial charge < -0.3 is 10.2 Å². The molecule has 0 radical (unpaired) electrons. The molecular weight excluding hydrogens is 220 g/mol. The molecule has 2 aliphatic heterocycles. The topological polar surface area (TPSA) is 15.3 Å². The van der Waals surface area contributed by atoms with Crippen molar-refractivity contribution < 1.29 is 0 Å². The normalized spacial score (nSPS) is 30.3. The SMILES string of the molecule is c1cc2c(cc1N1CCCCC1)[C@@H]1C[C@H]2CCN1. The van der Waals surface area contributed by atoms with Gasteiger partial charge in [-0.25, -0.2) is 0 Å². The van der Waals surface area contributed by atoms with Crippen LogP contribution in [0.5, 0.6) is 0 Å². The Hall–Kier alpha value is -1.02. The van der Waals surface area contributed by atoms with Crippen molar-refractivity contribution in [2.24, 2.45) is 0 Å². The number of benzene rings is 1. The lowest BCUT2D eigenvalue weighted by atomic mass is 9.96. The predicted octanol–water partition coefficient (Wildman–Crippen LogP) is 3.20. The van der Waals surface area contributed by atoms with Gasteiger partial charge in [-0.05, 0) is 67.8 Å². The van der Waals surface area contributed by atoms with Gasteiger partial charge in [-0.1, -0.05) is 6.07 Å². The van der Waals surface area contributed by atoms with Crippen LogP contribution < -0.4 is 10.2 Å². The Balaban J connectivity index is 1.67. The second-order valence-corrected chi connectivity index (χ2v) is 6.09. The quantitative estimate of drug-likeness (QED) is 0.813. The standard InChI is InChI=1S/C16H22N2/c1-2-8-18(9-3-1)13-4-5-14-12-6-7-17-16(10-12)15(14)11-13/h4-5,11-12,16-17H,1-3,6-10H2/t12-,16+/m1/s1. The monoisotopic (exact) mass is 242 g/mol. The first-order valence-corrected chi connectivity index (χ1v) is 7.54. The first-order chi connectivity index (χ1) is 8.92. The first kappa shape index (κ1) is 10.9. The summed E-state index contributed by atoms with van der Waals surface area (Å²) >= 11 is 0. The second kappa shape index (κ2) is 4.27.